The van der Waals surface area contributed by atoms with Crippen molar-refractivity contribution in [3.05, 3.63) is 84.2 Å². The number of hydrogen-bond acceptors (Lipinski definition) is 4. The third kappa shape index (κ3) is 4.60. The Kier molecular flexibility index (Phi) is 5.52. The van der Waals surface area contributed by atoms with Crippen LogP contribution in [0, 0.1) is 0 Å². The second-order valence-corrected chi connectivity index (χ2v) is 6.88. The van der Waals surface area contributed by atoms with Crippen molar-refractivity contribution < 1.29 is 14.3 Å². The third-order valence-electron chi connectivity index (χ3n) is 4.78. The minimum atomic E-state index is -0.289. The zero-order valence-corrected chi connectivity index (χ0v) is 15.8. The molecule has 0 bridgehead atoms. The third-order valence-corrected chi connectivity index (χ3v) is 4.78. The van der Waals surface area contributed by atoms with Gasteiger partial charge in [-0.05, 0) is 48.7 Å². The van der Waals surface area contributed by atoms with E-state index < -0.39 is 0 Å². The fourth-order valence-corrected chi connectivity index (χ4v) is 3.35. The molecule has 0 saturated carbocycles. The van der Waals surface area contributed by atoms with Crippen LogP contribution in [0.25, 0.3) is 0 Å². The monoisotopic (exact) mass is 387 g/mol. The number of anilines is 1. The summed E-state index contributed by atoms with van der Waals surface area (Å²) in [5.74, 6) is 0.787. The first-order valence-electron chi connectivity index (χ1n) is 9.56. The van der Waals surface area contributed by atoms with E-state index in [0.29, 0.717) is 29.2 Å². The van der Waals surface area contributed by atoms with Crippen LogP contribution in [0.1, 0.15) is 41.2 Å². The van der Waals surface area contributed by atoms with E-state index in [2.05, 4.69) is 15.6 Å². The molecule has 6 nitrogen and oxygen atoms in total. The standard InChI is InChI=1S/C23H21N3O3/c27-22-11-5-10-20(26-22)16-6-4-7-17(14-16)25-23(28)19-12-13-24-15-21(19)29-18-8-2-1-3-9-18/h1-4,6-9,12-15,20H,5,10-11H2,(H,25,28)(H,26,27). The summed E-state index contributed by atoms with van der Waals surface area (Å²) < 4.78 is 5.83. The number of carbonyl (C=O) groups excluding carboxylic acids is 2. The molecule has 1 unspecified atom stereocenters. The van der Waals surface area contributed by atoms with Gasteiger partial charge in [-0.2, -0.15) is 0 Å². The van der Waals surface area contributed by atoms with Crippen LogP contribution in [0.3, 0.4) is 0 Å². The number of aromatic nitrogens is 1. The molecule has 146 valence electrons. The van der Waals surface area contributed by atoms with Crippen molar-refractivity contribution in [2.75, 3.05) is 5.32 Å². The lowest BCUT2D eigenvalue weighted by Gasteiger charge is -2.24. The molecule has 1 atom stereocenters. The maximum Gasteiger partial charge on any atom is 0.259 e. The van der Waals surface area contributed by atoms with Crippen molar-refractivity contribution in [1.29, 1.82) is 0 Å². The Hall–Kier alpha value is -3.67. The number of nitrogens with one attached hydrogen (secondary N) is 2. The van der Waals surface area contributed by atoms with E-state index in [4.69, 9.17) is 4.74 Å². The lowest BCUT2D eigenvalue weighted by Crippen LogP contribution is -2.32. The van der Waals surface area contributed by atoms with Gasteiger partial charge in [0, 0.05) is 18.3 Å². The Morgan fingerprint density at radius 2 is 1.97 bits per heavy atom. The van der Waals surface area contributed by atoms with E-state index in [9.17, 15) is 9.59 Å². The molecule has 2 N–H and O–H groups in total. The minimum Gasteiger partial charge on any atom is -0.455 e. The van der Waals surface area contributed by atoms with Crippen LogP contribution in [-0.4, -0.2) is 16.8 Å². The average Bonchev–Trinajstić information content (AvgIpc) is 2.75. The summed E-state index contributed by atoms with van der Waals surface area (Å²) in [5, 5.41) is 5.92. The predicted octanol–water partition coefficient (Wildman–Crippen LogP) is 4.47. The Balaban J connectivity index is 1.51. The first kappa shape index (κ1) is 18.7. The van der Waals surface area contributed by atoms with Crippen LogP contribution in [0.15, 0.2) is 73.1 Å². The second kappa shape index (κ2) is 8.56. The predicted molar refractivity (Wildman–Crippen MR) is 110 cm³/mol. The Morgan fingerprint density at radius 3 is 2.79 bits per heavy atom. The van der Waals surface area contributed by atoms with Gasteiger partial charge < -0.3 is 15.4 Å². The topological polar surface area (TPSA) is 80.3 Å². The van der Waals surface area contributed by atoms with Crippen molar-refractivity contribution >= 4 is 17.5 Å². The lowest BCUT2D eigenvalue weighted by atomic mass is 9.97. The summed E-state index contributed by atoms with van der Waals surface area (Å²) in [6, 6.07) is 18.4. The van der Waals surface area contributed by atoms with Gasteiger partial charge in [0.15, 0.2) is 5.75 Å². The van der Waals surface area contributed by atoms with Gasteiger partial charge in [0.2, 0.25) is 5.91 Å². The zero-order chi connectivity index (χ0) is 20.1. The number of carbonyl (C=O) groups is 2. The molecule has 3 aromatic rings. The molecule has 1 aliphatic heterocycles. The summed E-state index contributed by atoms with van der Waals surface area (Å²) in [7, 11) is 0. The van der Waals surface area contributed by atoms with E-state index in [1.807, 2.05) is 54.6 Å². The molecule has 1 aliphatic rings. The van der Waals surface area contributed by atoms with Crippen LogP contribution in [-0.2, 0) is 4.79 Å². The zero-order valence-electron chi connectivity index (χ0n) is 15.8. The maximum absolute atomic E-state index is 12.9. The second-order valence-electron chi connectivity index (χ2n) is 6.88. The molecular weight excluding hydrogens is 366 g/mol. The molecule has 1 saturated heterocycles. The highest BCUT2D eigenvalue weighted by Crippen LogP contribution is 2.27. The molecule has 1 fully saturated rings. The first-order chi connectivity index (χ1) is 14.2. The summed E-state index contributed by atoms with van der Waals surface area (Å²) >= 11 is 0. The normalized spacial score (nSPS) is 16.0. The number of hydrogen-bond donors (Lipinski definition) is 2. The van der Waals surface area contributed by atoms with Gasteiger partial charge in [-0.25, -0.2) is 0 Å². The molecule has 6 heteroatoms. The largest absolute Gasteiger partial charge is 0.455 e. The van der Waals surface area contributed by atoms with Gasteiger partial charge in [-0.15, -0.1) is 0 Å². The van der Waals surface area contributed by atoms with Crippen LogP contribution >= 0.6 is 0 Å². The Bertz CT molecular complexity index is 1020. The van der Waals surface area contributed by atoms with Crippen molar-refractivity contribution in [2.24, 2.45) is 0 Å². The van der Waals surface area contributed by atoms with Crippen LogP contribution < -0.4 is 15.4 Å². The molecule has 29 heavy (non-hydrogen) atoms. The quantitative estimate of drug-likeness (QED) is 0.677. The summed E-state index contributed by atoms with van der Waals surface area (Å²) in [6.45, 7) is 0. The van der Waals surface area contributed by atoms with Gasteiger partial charge in [0.05, 0.1) is 17.8 Å². The highest BCUT2D eigenvalue weighted by Gasteiger charge is 2.20. The van der Waals surface area contributed by atoms with Crippen LogP contribution in [0.4, 0.5) is 5.69 Å². The van der Waals surface area contributed by atoms with Gasteiger partial charge in [-0.1, -0.05) is 30.3 Å². The van der Waals surface area contributed by atoms with Crippen LogP contribution in [0.5, 0.6) is 11.5 Å². The summed E-state index contributed by atoms with van der Waals surface area (Å²) in [6.07, 6.45) is 5.41. The molecule has 2 aromatic carbocycles. The van der Waals surface area contributed by atoms with E-state index in [1.54, 1.807) is 12.3 Å². The number of piperidine rings is 1. The molecule has 0 radical (unpaired) electrons. The molecule has 1 aromatic heterocycles. The van der Waals surface area contributed by atoms with Gasteiger partial charge in [-0.3, -0.25) is 14.6 Å². The number of nitrogens with zero attached hydrogens (tertiary/aromatic N) is 1. The molecule has 2 heterocycles. The summed E-state index contributed by atoms with van der Waals surface area (Å²) in [5.41, 5.74) is 2.03. The number of para-hydroxylation sites is 1. The number of benzene rings is 2. The van der Waals surface area contributed by atoms with Crippen molar-refractivity contribution in [3.63, 3.8) is 0 Å². The lowest BCUT2D eigenvalue weighted by molar-refractivity contribution is -0.123. The highest BCUT2D eigenvalue weighted by molar-refractivity contribution is 6.06. The number of pyridine rings is 1. The Labute approximate surface area is 168 Å². The first-order valence-corrected chi connectivity index (χ1v) is 9.56. The van der Waals surface area contributed by atoms with Crippen molar-refractivity contribution in [3.8, 4) is 11.5 Å². The molecular formula is C23H21N3O3. The molecule has 0 aliphatic carbocycles. The molecule has 2 amide bonds. The number of amides is 2. The average molecular weight is 387 g/mol. The highest BCUT2D eigenvalue weighted by atomic mass is 16.5. The van der Waals surface area contributed by atoms with Gasteiger partial charge >= 0.3 is 0 Å². The van der Waals surface area contributed by atoms with E-state index in [0.717, 1.165) is 18.4 Å². The smallest absolute Gasteiger partial charge is 0.259 e. The molecule has 4 rings (SSSR count). The number of rotatable bonds is 5. The fourth-order valence-electron chi connectivity index (χ4n) is 3.35. The van der Waals surface area contributed by atoms with E-state index in [-0.39, 0.29) is 17.9 Å². The van der Waals surface area contributed by atoms with Crippen LogP contribution in [0.2, 0.25) is 0 Å². The number of ether oxygens (including phenoxy) is 1. The van der Waals surface area contributed by atoms with Crippen molar-refractivity contribution in [2.45, 2.75) is 25.3 Å². The molecule has 0 spiro atoms. The Morgan fingerprint density at radius 1 is 1.10 bits per heavy atom. The van der Waals surface area contributed by atoms with E-state index >= 15 is 0 Å². The van der Waals surface area contributed by atoms with Gasteiger partial charge in [0.25, 0.3) is 5.91 Å². The van der Waals surface area contributed by atoms with Gasteiger partial charge in [0.1, 0.15) is 5.75 Å². The summed E-state index contributed by atoms with van der Waals surface area (Å²) in [4.78, 5) is 28.6. The van der Waals surface area contributed by atoms with Crippen molar-refractivity contribution in [1.82, 2.24) is 10.3 Å². The minimum absolute atomic E-state index is 0.0222. The fraction of sp³-hybridized carbons (Fsp3) is 0.174. The maximum atomic E-state index is 12.9. The SMILES string of the molecule is O=C1CCCC(c2cccc(NC(=O)c3ccncc3Oc3ccccc3)c2)N1. The van der Waals surface area contributed by atoms with E-state index in [1.165, 1.54) is 6.20 Å².